The van der Waals surface area contributed by atoms with Crippen molar-refractivity contribution in [1.82, 2.24) is 15.5 Å². The average molecular weight is 239 g/mol. The van der Waals surface area contributed by atoms with Gasteiger partial charge in [-0.25, -0.2) is 0 Å². The second-order valence-corrected chi connectivity index (χ2v) is 5.43. The molecule has 4 heteroatoms. The summed E-state index contributed by atoms with van der Waals surface area (Å²) < 4.78 is 0. The fourth-order valence-corrected chi connectivity index (χ4v) is 2.62. The Balaban J connectivity index is 1.68. The van der Waals surface area contributed by atoms with Crippen molar-refractivity contribution in [2.75, 3.05) is 32.7 Å². The molecule has 2 rings (SSSR count). The van der Waals surface area contributed by atoms with Crippen LogP contribution in [0.25, 0.3) is 0 Å². The summed E-state index contributed by atoms with van der Waals surface area (Å²) in [5.74, 6) is 0.927. The normalized spacial score (nSPS) is 24.8. The van der Waals surface area contributed by atoms with Crippen LogP contribution in [0.3, 0.4) is 0 Å². The van der Waals surface area contributed by atoms with Crippen LogP contribution in [0.5, 0.6) is 0 Å². The Labute approximate surface area is 104 Å². The van der Waals surface area contributed by atoms with Gasteiger partial charge in [0.1, 0.15) is 0 Å². The Morgan fingerprint density at radius 1 is 1.35 bits per heavy atom. The summed E-state index contributed by atoms with van der Waals surface area (Å²) in [6, 6.07) is 0.362. The minimum atomic E-state index is 0.200. The Morgan fingerprint density at radius 2 is 2.18 bits per heavy atom. The molecule has 0 spiro atoms. The van der Waals surface area contributed by atoms with Gasteiger partial charge in [0.05, 0.1) is 6.54 Å². The van der Waals surface area contributed by atoms with E-state index in [1.54, 1.807) is 0 Å². The van der Waals surface area contributed by atoms with E-state index in [0.717, 1.165) is 38.5 Å². The Bertz CT molecular complexity index is 245. The van der Waals surface area contributed by atoms with Gasteiger partial charge < -0.3 is 10.6 Å². The molecule has 1 heterocycles. The molecule has 0 aromatic heterocycles. The molecule has 1 aliphatic heterocycles. The predicted octanol–water partition coefficient (Wildman–Crippen LogP) is 0.587. The van der Waals surface area contributed by atoms with Crippen molar-refractivity contribution in [2.45, 2.75) is 38.6 Å². The van der Waals surface area contributed by atoms with E-state index in [4.69, 9.17) is 0 Å². The van der Waals surface area contributed by atoms with Crippen LogP contribution in [0.4, 0.5) is 0 Å². The summed E-state index contributed by atoms with van der Waals surface area (Å²) in [4.78, 5) is 14.2. The molecule has 2 fully saturated rings. The molecule has 1 saturated heterocycles. The van der Waals surface area contributed by atoms with Crippen LogP contribution in [0.1, 0.15) is 32.6 Å². The Kier molecular flexibility index (Phi) is 4.80. The van der Waals surface area contributed by atoms with Crippen molar-refractivity contribution in [3.05, 3.63) is 0 Å². The lowest BCUT2D eigenvalue weighted by Crippen LogP contribution is -2.45. The second kappa shape index (κ2) is 6.36. The SMILES string of the molecule is CC(NC(=O)CN1CCCNCC1)C1CCC1. The molecule has 98 valence electrons. The third kappa shape index (κ3) is 3.96. The number of hydrogen-bond acceptors (Lipinski definition) is 3. The van der Waals surface area contributed by atoms with Crippen LogP contribution >= 0.6 is 0 Å². The highest BCUT2D eigenvalue weighted by atomic mass is 16.2. The summed E-state index contributed by atoms with van der Waals surface area (Å²) in [6.45, 7) is 6.83. The largest absolute Gasteiger partial charge is 0.352 e. The molecule has 1 amide bonds. The third-order valence-electron chi connectivity index (χ3n) is 4.05. The number of carbonyl (C=O) groups excluding carboxylic acids is 1. The van der Waals surface area contributed by atoms with Crippen molar-refractivity contribution >= 4 is 5.91 Å². The van der Waals surface area contributed by atoms with Gasteiger partial charge in [-0.05, 0) is 45.2 Å². The van der Waals surface area contributed by atoms with Crippen molar-refractivity contribution in [2.24, 2.45) is 5.92 Å². The fourth-order valence-electron chi connectivity index (χ4n) is 2.62. The van der Waals surface area contributed by atoms with E-state index < -0.39 is 0 Å². The first-order valence-corrected chi connectivity index (χ1v) is 6.98. The van der Waals surface area contributed by atoms with Gasteiger partial charge in [-0.2, -0.15) is 0 Å². The van der Waals surface area contributed by atoms with E-state index in [0.29, 0.717) is 12.6 Å². The summed E-state index contributed by atoms with van der Waals surface area (Å²) in [6.07, 6.45) is 5.05. The molecule has 1 aliphatic carbocycles. The maximum absolute atomic E-state index is 11.9. The maximum atomic E-state index is 11.9. The molecule has 2 aliphatic rings. The van der Waals surface area contributed by atoms with Gasteiger partial charge in [-0.3, -0.25) is 9.69 Å². The van der Waals surface area contributed by atoms with Crippen molar-refractivity contribution in [3.63, 3.8) is 0 Å². The molecular formula is C13H25N3O. The molecular weight excluding hydrogens is 214 g/mol. The zero-order valence-corrected chi connectivity index (χ0v) is 10.9. The first-order valence-electron chi connectivity index (χ1n) is 6.98. The summed E-state index contributed by atoms with van der Waals surface area (Å²) in [5.41, 5.74) is 0. The summed E-state index contributed by atoms with van der Waals surface area (Å²) >= 11 is 0. The van der Waals surface area contributed by atoms with E-state index in [1.807, 2.05) is 0 Å². The number of nitrogens with one attached hydrogen (secondary N) is 2. The van der Waals surface area contributed by atoms with Crippen LogP contribution in [0, 0.1) is 5.92 Å². The average Bonchev–Trinajstić information content (AvgIpc) is 2.42. The van der Waals surface area contributed by atoms with Gasteiger partial charge in [0.25, 0.3) is 0 Å². The number of nitrogens with zero attached hydrogens (tertiary/aromatic N) is 1. The molecule has 1 saturated carbocycles. The first-order chi connectivity index (χ1) is 8.25. The van der Waals surface area contributed by atoms with Gasteiger partial charge >= 0.3 is 0 Å². The lowest BCUT2D eigenvalue weighted by Gasteiger charge is -2.32. The zero-order valence-electron chi connectivity index (χ0n) is 10.9. The first kappa shape index (κ1) is 12.8. The topological polar surface area (TPSA) is 44.4 Å². The van der Waals surface area contributed by atoms with Crippen molar-refractivity contribution in [1.29, 1.82) is 0 Å². The molecule has 1 unspecified atom stereocenters. The highest BCUT2D eigenvalue weighted by molar-refractivity contribution is 5.78. The molecule has 0 aromatic rings. The monoisotopic (exact) mass is 239 g/mol. The molecule has 4 nitrogen and oxygen atoms in total. The minimum absolute atomic E-state index is 0.200. The van der Waals surface area contributed by atoms with Crippen LogP contribution in [-0.4, -0.2) is 49.6 Å². The maximum Gasteiger partial charge on any atom is 0.234 e. The highest BCUT2D eigenvalue weighted by Crippen LogP contribution is 2.29. The minimum Gasteiger partial charge on any atom is -0.352 e. The number of hydrogen-bond donors (Lipinski definition) is 2. The smallest absolute Gasteiger partial charge is 0.234 e. The second-order valence-electron chi connectivity index (χ2n) is 5.43. The fraction of sp³-hybridized carbons (Fsp3) is 0.923. The highest BCUT2D eigenvalue weighted by Gasteiger charge is 2.25. The quantitative estimate of drug-likeness (QED) is 0.754. The van der Waals surface area contributed by atoms with Gasteiger partial charge in [0.2, 0.25) is 5.91 Å². The van der Waals surface area contributed by atoms with Gasteiger partial charge in [0, 0.05) is 19.1 Å². The van der Waals surface area contributed by atoms with Crippen LogP contribution in [0.15, 0.2) is 0 Å². The number of carbonyl (C=O) groups is 1. The van der Waals surface area contributed by atoms with E-state index >= 15 is 0 Å². The van der Waals surface area contributed by atoms with Crippen LogP contribution in [-0.2, 0) is 4.79 Å². The summed E-state index contributed by atoms with van der Waals surface area (Å²) in [5, 5.41) is 6.50. The Hall–Kier alpha value is -0.610. The lowest BCUT2D eigenvalue weighted by atomic mass is 9.80. The van der Waals surface area contributed by atoms with Gasteiger partial charge in [0.15, 0.2) is 0 Å². The molecule has 0 aromatic carbocycles. The Morgan fingerprint density at radius 3 is 2.88 bits per heavy atom. The van der Waals surface area contributed by atoms with Gasteiger partial charge in [-0.1, -0.05) is 6.42 Å². The van der Waals surface area contributed by atoms with Crippen LogP contribution < -0.4 is 10.6 Å². The van der Waals surface area contributed by atoms with Crippen molar-refractivity contribution in [3.8, 4) is 0 Å². The number of rotatable bonds is 4. The zero-order chi connectivity index (χ0) is 12.1. The molecule has 1 atom stereocenters. The third-order valence-corrected chi connectivity index (χ3v) is 4.05. The molecule has 17 heavy (non-hydrogen) atoms. The van der Waals surface area contributed by atoms with E-state index in [2.05, 4.69) is 22.5 Å². The molecule has 2 N–H and O–H groups in total. The van der Waals surface area contributed by atoms with Gasteiger partial charge in [-0.15, -0.1) is 0 Å². The number of amides is 1. The van der Waals surface area contributed by atoms with E-state index in [-0.39, 0.29) is 5.91 Å². The van der Waals surface area contributed by atoms with E-state index in [9.17, 15) is 4.79 Å². The predicted molar refractivity (Wildman–Crippen MR) is 68.9 cm³/mol. The van der Waals surface area contributed by atoms with E-state index in [1.165, 1.54) is 19.3 Å². The van der Waals surface area contributed by atoms with Crippen LogP contribution in [0.2, 0.25) is 0 Å². The molecule has 0 radical (unpaired) electrons. The molecule has 0 bridgehead atoms. The lowest BCUT2D eigenvalue weighted by molar-refractivity contribution is -0.123. The standard InChI is InChI=1S/C13H25N3O/c1-11(12-4-2-5-12)15-13(17)10-16-8-3-6-14-7-9-16/h11-12,14H,2-10H2,1H3,(H,15,17). The van der Waals surface area contributed by atoms with Crippen molar-refractivity contribution < 1.29 is 4.79 Å². The summed E-state index contributed by atoms with van der Waals surface area (Å²) in [7, 11) is 0.